The minimum Gasteiger partial charge on any atom is -0.376 e. The van der Waals surface area contributed by atoms with E-state index in [1.807, 2.05) is 18.6 Å². The van der Waals surface area contributed by atoms with Gasteiger partial charge in [0.1, 0.15) is 0 Å². The molecule has 2 aromatic heterocycles. The van der Waals surface area contributed by atoms with Crippen LogP contribution in [0.3, 0.4) is 0 Å². The van der Waals surface area contributed by atoms with Crippen LogP contribution in [0.25, 0.3) is 0 Å². The third-order valence-corrected chi connectivity index (χ3v) is 6.28. The average Bonchev–Trinajstić information content (AvgIpc) is 3.11. The first-order chi connectivity index (χ1) is 14.1. The van der Waals surface area contributed by atoms with Crippen molar-refractivity contribution in [1.29, 1.82) is 0 Å². The Morgan fingerprint density at radius 3 is 2.76 bits per heavy atom. The number of fused-ring (bicyclic) bond motifs is 2. The molecule has 2 saturated heterocycles. The van der Waals surface area contributed by atoms with Crippen molar-refractivity contribution in [3.63, 3.8) is 0 Å². The fourth-order valence-electron chi connectivity index (χ4n) is 5.03. The standard InChI is InChI=1S/C22H29N5O2/c1-16-10-27(11-17(2)29-16)21-24-9-19-13-28-15-22(20(19)25-21)5-8-26(14-22)12-18-3-6-23-7-4-18/h3-4,6-7,9,16-17H,5,8,10-15H2,1-2H3/t16-,17-,22+/m1/s1. The highest BCUT2D eigenvalue weighted by atomic mass is 16.5. The summed E-state index contributed by atoms with van der Waals surface area (Å²) in [5, 5.41) is 0. The average molecular weight is 396 g/mol. The van der Waals surface area contributed by atoms with E-state index in [1.165, 1.54) is 11.3 Å². The van der Waals surface area contributed by atoms with Crippen molar-refractivity contribution < 1.29 is 9.47 Å². The van der Waals surface area contributed by atoms with Gasteiger partial charge in [0.25, 0.3) is 0 Å². The van der Waals surface area contributed by atoms with Gasteiger partial charge in [-0.15, -0.1) is 0 Å². The summed E-state index contributed by atoms with van der Waals surface area (Å²) in [5.41, 5.74) is 3.59. The lowest BCUT2D eigenvalue weighted by molar-refractivity contribution is -0.00584. The molecular weight excluding hydrogens is 366 g/mol. The van der Waals surface area contributed by atoms with E-state index in [9.17, 15) is 0 Å². The number of likely N-dealkylation sites (tertiary alicyclic amines) is 1. The Balaban J connectivity index is 1.40. The number of hydrogen-bond donors (Lipinski definition) is 0. The molecule has 0 N–H and O–H groups in total. The Bertz CT molecular complexity index is 854. The molecule has 0 radical (unpaired) electrons. The second-order valence-electron chi connectivity index (χ2n) is 8.80. The van der Waals surface area contributed by atoms with Crippen LogP contribution in [0.2, 0.25) is 0 Å². The number of pyridine rings is 1. The van der Waals surface area contributed by atoms with E-state index in [0.717, 1.165) is 57.3 Å². The summed E-state index contributed by atoms with van der Waals surface area (Å²) >= 11 is 0. The lowest BCUT2D eigenvalue weighted by atomic mass is 9.80. The smallest absolute Gasteiger partial charge is 0.225 e. The van der Waals surface area contributed by atoms with Crippen LogP contribution in [-0.2, 0) is 28.0 Å². The van der Waals surface area contributed by atoms with Crippen molar-refractivity contribution in [1.82, 2.24) is 19.9 Å². The zero-order valence-corrected chi connectivity index (χ0v) is 17.3. The molecule has 0 amide bonds. The molecule has 5 rings (SSSR count). The maximum absolute atomic E-state index is 6.00. The van der Waals surface area contributed by atoms with Crippen LogP contribution in [0.4, 0.5) is 5.95 Å². The van der Waals surface area contributed by atoms with Gasteiger partial charge in [-0.3, -0.25) is 9.88 Å². The van der Waals surface area contributed by atoms with E-state index in [0.29, 0.717) is 6.61 Å². The van der Waals surface area contributed by atoms with Gasteiger partial charge in [-0.05, 0) is 44.5 Å². The van der Waals surface area contributed by atoms with Crippen molar-refractivity contribution >= 4 is 5.95 Å². The predicted molar refractivity (Wildman–Crippen MR) is 110 cm³/mol. The number of aromatic nitrogens is 3. The lowest BCUT2D eigenvalue weighted by Gasteiger charge is -2.38. The molecule has 154 valence electrons. The Morgan fingerprint density at radius 1 is 1.17 bits per heavy atom. The zero-order valence-electron chi connectivity index (χ0n) is 17.3. The third-order valence-electron chi connectivity index (χ3n) is 6.28. The largest absolute Gasteiger partial charge is 0.376 e. The second kappa shape index (κ2) is 7.63. The first-order valence-corrected chi connectivity index (χ1v) is 10.6. The number of rotatable bonds is 3. The summed E-state index contributed by atoms with van der Waals surface area (Å²) in [6, 6.07) is 4.19. The van der Waals surface area contributed by atoms with Gasteiger partial charge in [0.15, 0.2) is 0 Å². The first-order valence-electron chi connectivity index (χ1n) is 10.6. The van der Waals surface area contributed by atoms with Crippen LogP contribution in [0.5, 0.6) is 0 Å². The van der Waals surface area contributed by atoms with E-state index >= 15 is 0 Å². The highest BCUT2D eigenvalue weighted by Gasteiger charge is 2.45. The normalized spacial score (nSPS) is 29.9. The summed E-state index contributed by atoms with van der Waals surface area (Å²) in [6.45, 7) is 10.2. The summed E-state index contributed by atoms with van der Waals surface area (Å²) in [7, 11) is 0. The van der Waals surface area contributed by atoms with Gasteiger partial charge in [0.05, 0.1) is 36.5 Å². The number of hydrogen-bond acceptors (Lipinski definition) is 7. The molecule has 0 unspecified atom stereocenters. The van der Waals surface area contributed by atoms with E-state index in [2.05, 4.69) is 45.7 Å². The fraction of sp³-hybridized carbons (Fsp3) is 0.591. The number of morpholine rings is 1. The Kier molecular flexibility index (Phi) is 4.97. The lowest BCUT2D eigenvalue weighted by Crippen LogP contribution is -2.47. The highest BCUT2D eigenvalue weighted by molar-refractivity contribution is 5.39. The van der Waals surface area contributed by atoms with Crippen LogP contribution >= 0.6 is 0 Å². The molecule has 0 saturated carbocycles. The molecule has 7 heteroatoms. The van der Waals surface area contributed by atoms with Crippen molar-refractivity contribution in [2.45, 2.75) is 51.0 Å². The Morgan fingerprint density at radius 2 is 1.97 bits per heavy atom. The van der Waals surface area contributed by atoms with Crippen molar-refractivity contribution in [3.8, 4) is 0 Å². The number of anilines is 1. The minimum atomic E-state index is -0.0399. The van der Waals surface area contributed by atoms with E-state index in [4.69, 9.17) is 14.5 Å². The first kappa shape index (κ1) is 18.9. The van der Waals surface area contributed by atoms with E-state index in [-0.39, 0.29) is 17.6 Å². The number of nitrogens with zero attached hydrogens (tertiary/aromatic N) is 5. The Hall–Kier alpha value is -2.09. The monoisotopic (exact) mass is 395 g/mol. The van der Waals surface area contributed by atoms with Gasteiger partial charge in [-0.2, -0.15) is 0 Å². The van der Waals surface area contributed by atoms with Crippen LogP contribution in [0, 0.1) is 0 Å². The zero-order chi connectivity index (χ0) is 19.8. The van der Waals surface area contributed by atoms with E-state index in [1.54, 1.807) is 0 Å². The van der Waals surface area contributed by atoms with Gasteiger partial charge in [0.2, 0.25) is 5.95 Å². The van der Waals surface area contributed by atoms with Crippen LogP contribution in [0.1, 0.15) is 37.1 Å². The maximum Gasteiger partial charge on any atom is 0.225 e. The summed E-state index contributed by atoms with van der Waals surface area (Å²) < 4.78 is 11.9. The third kappa shape index (κ3) is 3.74. The van der Waals surface area contributed by atoms with Crippen molar-refractivity contribution in [2.24, 2.45) is 0 Å². The topological polar surface area (TPSA) is 63.6 Å². The second-order valence-corrected chi connectivity index (χ2v) is 8.80. The Labute approximate surface area is 172 Å². The van der Waals surface area contributed by atoms with Gasteiger partial charge < -0.3 is 14.4 Å². The van der Waals surface area contributed by atoms with Crippen molar-refractivity contribution in [2.75, 3.05) is 37.7 Å². The maximum atomic E-state index is 6.00. The molecule has 3 aliphatic rings. The molecule has 2 aromatic rings. The molecule has 5 heterocycles. The molecule has 1 spiro atoms. The predicted octanol–water partition coefficient (Wildman–Crippen LogP) is 2.16. The van der Waals surface area contributed by atoms with Crippen LogP contribution in [-0.4, -0.2) is 64.8 Å². The quantitative estimate of drug-likeness (QED) is 0.789. The molecule has 0 aromatic carbocycles. The van der Waals surface area contributed by atoms with Crippen molar-refractivity contribution in [3.05, 3.63) is 47.5 Å². The van der Waals surface area contributed by atoms with Gasteiger partial charge in [-0.25, -0.2) is 9.97 Å². The molecule has 7 nitrogen and oxygen atoms in total. The number of ether oxygens (including phenoxy) is 2. The van der Waals surface area contributed by atoms with Gasteiger partial charge in [-0.1, -0.05) is 0 Å². The van der Waals surface area contributed by atoms with Gasteiger partial charge >= 0.3 is 0 Å². The molecule has 0 aliphatic carbocycles. The molecular formula is C22H29N5O2. The molecule has 0 bridgehead atoms. The fourth-order valence-corrected chi connectivity index (χ4v) is 5.03. The molecule has 29 heavy (non-hydrogen) atoms. The SMILES string of the molecule is C[C@@H]1CN(c2ncc3c(n2)[C@]2(CCN(Cc4ccncc4)C2)COC3)C[C@@H](C)O1. The highest BCUT2D eigenvalue weighted by Crippen LogP contribution is 2.40. The minimum absolute atomic E-state index is 0.0399. The summed E-state index contributed by atoms with van der Waals surface area (Å²) in [4.78, 5) is 18.7. The summed E-state index contributed by atoms with van der Waals surface area (Å²) in [5.74, 6) is 0.833. The molecule has 2 fully saturated rings. The summed E-state index contributed by atoms with van der Waals surface area (Å²) in [6.07, 6.45) is 7.16. The molecule has 3 aliphatic heterocycles. The van der Waals surface area contributed by atoms with Crippen LogP contribution in [0.15, 0.2) is 30.7 Å². The van der Waals surface area contributed by atoms with Gasteiger partial charge in [0, 0.05) is 50.3 Å². The van der Waals surface area contributed by atoms with Crippen LogP contribution < -0.4 is 4.90 Å². The molecule has 3 atom stereocenters. The van der Waals surface area contributed by atoms with E-state index < -0.39 is 0 Å².